The van der Waals surface area contributed by atoms with Gasteiger partial charge in [-0.25, -0.2) is 0 Å². The number of guanidine groups is 1. The fraction of sp³-hybridized carbons (Fsp3) is 0.533. The highest BCUT2D eigenvalue weighted by Crippen LogP contribution is 2.12. The molecule has 0 aliphatic heterocycles. The van der Waals surface area contributed by atoms with Gasteiger partial charge in [0.15, 0.2) is 5.96 Å². The summed E-state index contributed by atoms with van der Waals surface area (Å²) in [6.45, 7) is 5.96. The summed E-state index contributed by atoms with van der Waals surface area (Å²) in [5.41, 5.74) is 8.44. The van der Waals surface area contributed by atoms with Crippen LogP contribution in [0.15, 0.2) is 29.3 Å². The summed E-state index contributed by atoms with van der Waals surface area (Å²) >= 11 is 1.91. The second-order valence-corrected chi connectivity index (χ2v) is 5.69. The summed E-state index contributed by atoms with van der Waals surface area (Å²) in [6.07, 6.45) is 2.26. The summed E-state index contributed by atoms with van der Waals surface area (Å²) in [7, 11) is 0. The summed E-state index contributed by atoms with van der Waals surface area (Å²) in [5, 5.41) is 3.14. The Bertz CT molecular complexity index is 379. The van der Waals surface area contributed by atoms with E-state index in [0.29, 0.717) is 5.96 Å². The van der Waals surface area contributed by atoms with Crippen molar-refractivity contribution in [3.8, 4) is 0 Å². The van der Waals surface area contributed by atoms with E-state index in [9.17, 15) is 0 Å². The Morgan fingerprint density at radius 3 is 2.65 bits per heavy atom. The number of rotatable bonds is 8. The molecule has 1 aromatic rings. The smallest absolute Gasteiger partial charge is 0.188 e. The minimum Gasteiger partial charge on any atom is -0.370 e. The predicted octanol–water partition coefficient (Wildman–Crippen LogP) is 3.55. The number of hydrogen-bond acceptors (Lipinski definition) is 2. The van der Waals surface area contributed by atoms with Gasteiger partial charge in [0, 0.05) is 24.6 Å². The zero-order valence-corrected chi connectivity index (χ0v) is 15.5. The Hall–Kier alpha value is -0.430. The van der Waals surface area contributed by atoms with Crippen molar-refractivity contribution in [1.82, 2.24) is 5.32 Å². The van der Waals surface area contributed by atoms with Crippen LogP contribution in [0.4, 0.5) is 0 Å². The molecule has 0 saturated carbocycles. The average Bonchev–Trinajstić information content (AvgIpc) is 2.41. The van der Waals surface area contributed by atoms with Gasteiger partial charge in [-0.2, -0.15) is 11.8 Å². The van der Waals surface area contributed by atoms with Crippen LogP contribution in [-0.4, -0.2) is 24.8 Å². The summed E-state index contributed by atoms with van der Waals surface area (Å²) < 4.78 is 0. The molecule has 0 bridgehead atoms. The monoisotopic (exact) mass is 407 g/mol. The van der Waals surface area contributed by atoms with Gasteiger partial charge in [0.1, 0.15) is 0 Å². The lowest BCUT2D eigenvalue weighted by molar-refractivity contribution is 0.798. The first kappa shape index (κ1) is 19.6. The number of unbranched alkanes of at least 4 members (excludes halogenated alkanes) is 1. The first-order valence-corrected chi connectivity index (χ1v) is 8.05. The molecule has 1 aromatic carbocycles. The van der Waals surface area contributed by atoms with Crippen LogP contribution < -0.4 is 11.1 Å². The number of nitrogens with two attached hydrogens (primary N) is 1. The number of halogens is 1. The number of hydrogen-bond donors (Lipinski definition) is 2. The molecular formula is C15H26IN3S. The molecule has 0 saturated heterocycles. The van der Waals surface area contributed by atoms with E-state index in [-0.39, 0.29) is 24.0 Å². The number of nitrogens with one attached hydrogen (secondary N) is 1. The zero-order chi connectivity index (χ0) is 13.9. The Morgan fingerprint density at radius 2 is 2.00 bits per heavy atom. The largest absolute Gasteiger partial charge is 0.370 e. The molecule has 5 heteroatoms. The maximum atomic E-state index is 5.75. The second-order valence-electron chi connectivity index (χ2n) is 4.59. The first-order valence-electron chi connectivity index (χ1n) is 6.89. The molecule has 0 aromatic heterocycles. The van der Waals surface area contributed by atoms with Crippen LogP contribution >= 0.6 is 35.7 Å². The van der Waals surface area contributed by atoms with E-state index in [1.54, 1.807) is 0 Å². The summed E-state index contributed by atoms with van der Waals surface area (Å²) in [6, 6.07) is 8.70. The van der Waals surface area contributed by atoms with Crippen LogP contribution in [-0.2, 0) is 5.75 Å². The van der Waals surface area contributed by atoms with Crippen molar-refractivity contribution in [3.63, 3.8) is 0 Å². The van der Waals surface area contributed by atoms with E-state index in [0.717, 1.165) is 37.4 Å². The highest BCUT2D eigenvalue weighted by atomic mass is 127. The van der Waals surface area contributed by atoms with Crippen LogP contribution in [0.2, 0.25) is 0 Å². The highest BCUT2D eigenvalue weighted by molar-refractivity contribution is 14.0. The molecule has 0 heterocycles. The fourth-order valence-corrected chi connectivity index (χ4v) is 2.36. The van der Waals surface area contributed by atoms with Crippen molar-refractivity contribution in [2.75, 3.05) is 18.8 Å². The van der Waals surface area contributed by atoms with Crippen LogP contribution in [0.5, 0.6) is 0 Å². The SMILES string of the molecule is CCCCN=C(N)NCCSCc1ccc(C)cc1.I. The normalized spacial score (nSPS) is 11.0. The van der Waals surface area contributed by atoms with Gasteiger partial charge in [-0.3, -0.25) is 4.99 Å². The Balaban J connectivity index is 0.00000361. The van der Waals surface area contributed by atoms with Gasteiger partial charge >= 0.3 is 0 Å². The van der Waals surface area contributed by atoms with Gasteiger partial charge in [0.05, 0.1) is 0 Å². The van der Waals surface area contributed by atoms with Crippen LogP contribution in [0.1, 0.15) is 30.9 Å². The van der Waals surface area contributed by atoms with E-state index >= 15 is 0 Å². The lowest BCUT2D eigenvalue weighted by atomic mass is 10.2. The van der Waals surface area contributed by atoms with Gasteiger partial charge in [-0.1, -0.05) is 43.2 Å². The molecule has 0 spiro atoms. The van der Waals surface area contributed by atoms with E-state index in [1.807, 2.05) is 11.8 Å². The Morgan fingerprint density at radius 1 is 1.30 bits per heavy atom. The van der Waals surface area contributed by atoms with E-state index in [4.69, 9.17) is 5.73 Å². The number of nitrogens with zero attached hydrogens (tertiary/aromatic N) is 1. The van der Waals surface area contributed by atoms with Crippen LogP contribution in [0.25, 0.3) is 0 Å². The number of aryl methyl sites for hydroxylation is 1. The molecule has 0 aliphatic rings. The topological polar surface area (TPSA) is 50.4 Å². The Labute approximate surface area is 144 Å². The standard InChI is InChI=1S/C15H25N3S.HI/c1-3-4-9-17-15(16)18-10-11-19-12-14-7-5-13(2)6-8-14;/h5-8H,3-4,9-12H2,1-2H3,(H3,16,17,18);1H. The fourth-order valence-electron chi connectivity index (χ4n) is 1.54. The van der Waals surface area contributed by atoms with E-state index in [2.05, 4.69) is 48.4 Å². The third-order valence-electron chi connectivity index (χ3n) is 2.74. The quantitative estimate of drug-likeness (QED) is 0.300. The third kappa shape index (κ3) is 9.47. The van der Waals surface area contributed by atoms with E-state index in [1.165, 1.54) is 11.1 Å². The lowest BCUT2D eigenvalue weighted by Gasteiger charge is -2.06. The minimum absolute atomic E-state index is 0. The van der Waals surface area contributed by atoms with Gasteiger partial charge in [0.25, 0.3) is 0 Å². The molecule has 114 valence electrons. The molecule has 0 atom stereocenters. The molecule has 20 heavy (non-hydrogen) atoms. The molecule has 0 amide bonds. The second kappa shape index (κ2) is 12.3. The number of aliphatic imine (C=N–C) groups is 1. The molecule has 3 nitrogen and oxygen atoms in total. The minimum atomic E-state index is 0. The van der Waals surface area contributed by atoms with Crippen molar-refractivity contribution in [2.24, 2.45) is 10.7 Å². The van der Waals surface area contributed by atoms with Gasteiger partial charge in [-0.15, -0.1) is 24.0 Å². The van der Waals surface area contributed by atoms with Gasteiger partial charge in [0.2, 0.25) is 0 Å². The average molecular weight is 407 g/mol. The van der Waals surface area contributed by atoms with Crippen molar-refractivity contribution in [1.29, 1.82) is 0 Å². The van der Waals surface area contributed by atoms with Crippen molar-refractivity contribution in [2.45, 2.75) is 32.4 Å². The van der Waals surface area contributed by atoms with Crippen LogP contribution in [0, 0.1) is 6.92 Å². The zero-order valence-electron chi connectivity index (χ0n) is 12.4. The molecule has 1 rings (SSSR count). The lowest BCUT2D eigenvalue weighted by Crippen LogP contribution is -2.33. The molecule has 0 radical (unpaired) electrons. The number of thioether (sulfide) groups is 1. The predicted molar refractivity (Wildman–Crippen MR) is 102 cm³/mol. The van der Waals surface area contributed by atoms with Gasteiger partial charge in [-0.05, 0) is 18.9 Å². The van der Waals surface area contributed by atoms with Crippen molar-refractivity contribution >= 4 is 41.7 Å². The van der Waals surface area contributed by atoms with Crippen molar-refractivity contribution < 1.29 is 0 Å². The molecule has 0 fully saturated rings. The molecule has 3 N–H and O–H groups in total. The summed E-state index contributed by atoms with van der Waals surface area (Å²) in [5.74, 6) is 2.66. The molecule has 0 unspecified atom stereocenters. The van der Waals surface area contributed by atoms with Crippen LogP contribution in [0.3, 0.4) is 0 Å². The maximum absolute atomic E-state index is 5.75. The summed E-state index contributed by atoms with van der Waals surface area (Å²) in [4.78, 5) is 4.25. The highest BCUT2D eigenvalue weighted by Gasteiger charge is 1.95. The first-order chi connectivity index (χ1) is 9.22. The van der Waals surface area contributed by atoms with E-state index < -0.39 is 0 Å². The molecule has 0 aliphatic carbocycles. The number of benzene rings is 1. The maximum Gasteiger partial charge on any atom is 0.188 e. The molecular weight excluding hydrogens is 381 g/mol. The van der Waals surface area contributed by atoms with Crippen molar-refractivity contribution in [3.05, 3.63) is 35.4 Å². The Kier molecular flexibility index (Phi) is 12.1. The van der Waals surface area contributed by atoms with Gasteiger partial charge < -0.3 is 11.1 Å². The third-order valence-corrected chi connectivity index (χ3v) is 3.77.